The molecule has 2 saturated heterocycles. The third-order valence-electron chi connectivity index (χ3n) is 4.45. The summed E-state index contributed by atoms with van der Waals surface area (Å²) in [6.07, 6.45) is 4.42. The van der Waals surface area contributed by atoms with E-state index in [1.54, 1.807) is 0 Å². The van der Waals surface area contributed by atoms with Crippen LogP contribution < -0.4 is 10.6 Å². The number of nitrogens with zero attached hydrogens (tertiary/aromatic N) is 1. The van der Waals surface area contributed by atoms with E-state index in [-0.39, 0.29) is 11.9 Å². The fraction of sp³-hybridized carbons (Fsp3) is 0.933. The Hall–Kier alpha value is -0.650. The minimum absolute atomic E-state index is 0.129. The monoisotopic (exact) mass is 283 g/mol. The van der Waals surface area contributed by atoms with Gasteiger partial charge in [-0.1, -0.05) is 6.42 Å². The molecule has 2 aliphatic heterocycles. The maximum Gasteiger partial charge on any atom is 0.221 e. The zero-order valence-electron chi connectivity index (χ0n) is 12.9. The van der Waals surface area contributed by atoms with Crippen molar-refractivity contribution in [1.82, 2.24) is 15.5 Å². The van der Waals surface area contributed by atoms with Crippen molar-refractivity contribution in [2.75, 3.05) is 32.8 Å². The first-order chi connectivity index (χ1) is 9.66. The lowest BCUT2D eigenvalue weighted by Crippen LogP contribution is -2.49. The molecule has 0 aromatic rings. The molecule has 3 atom stereocenters. The standard InChI is InChI=1S/C15H29N3O2/c1-12-5-3-4-7-18(12)13(2)10-17-15(19)9-14-11-20-8-6-16-14/h12-14,16H,3-11H2,1-2H3,(H,17,19). The van der Waals surface area contributed by atoms with Gasteiger partial charge in [0.2, 0.25) is 5.91 Å². The van der Waals surface area contributed by atoms with Gasteiger partial charge in [0, 0.05) is 37.6 Å². The van der Waals surface area contributed by atoms with Crippen LogP contribution in [0.4, 0.5) is 0 Å². The Morgan fingerprint density at radius 2 is 2.35 bits per heavy atom. The van der Waals surface area contributed by atoms with E-state index in [2.05, 4.69) is 29.4 Å². The zero-order chi connectivity index (χ0) is 14.4. The molecular weight excluding hydrogens is 254 g/mol. The van der Waals surface area contributed by atoms with Gasteiger partial charge in [-0.25, -0.2) is 0 Å². The highest BCUT2D eigenvalue weighted by atomic mass is 16.5. The molecule has 3 unspecified atom stereocenters. The van der Waals surface area contributed by atoms with Crippen molar-refractivity contribution in [2.45, 2.75) is 57.7 Å². The van der Waals surface area contributed by atoms with E-state index in [4.69, 9.17) is 4.74 Å². The first-order valence-corrected chi connectivity index (χ1v) is 8.00. The largest absolute Gasteiger partial charge is 0.378 e. The lowest BCUT2D eigenvalue weighted by molar-refractivity contribution is -0.122. The van der Waals surface area contributed by atoms with Gasteiger partial charge in [0.1, 0.15) is 0 Å². The van der Waals surface area contributed by atoms with Crippen LogP contribution in [0.2, 0.25) is 0 Å². The molecule has 0 aromatic heterocycles. The minimum atomic E-state index is 0.129. The number of ether oxygens (including phenoxy) is 1. The molecule has 2 heterocycles. The average molecular weight is 283 g/mol. The predicted octanol–water partition coefficient (Wildman–Crippen LogP) is 0.744. The van der Waals surface area contributed by atoms with Gasteiger partial charge in [0.15, 0.2) is 0 Å². The summed E-state index contributed by atoms with van der Waals surface area (Å²) in [7, 11) is 0. The van der Waals surface area contributed by atoms with Crippen molar-refractivity contribution >= 4 is 5.91 Å². The van der Waals surface area contributed by atoms with Crippen LogP contribution in [0.3, 0.4) is 0 Å². The smallest absolute Gasteiger partial charge is 0.221 e. The number of morpholine rings is 1. The molecule has 5 nitrogen and oxygen atoms in total. The van der Waals surface area contributed by atoms with Crippen molar-refractivity contribution in [2.24, 2.45) is 0 Å². The van der Waals surface area contributed by atoms with Gasteiger partial charge < -0.3 is 15.4 Å². The van der Waals surface area contributed by atoms with Crippen LogP contribution in [-0.2, 0) is 9.53 Å². The van der Waals surface area contributed by atoms with Gasteiger partial charge in [-0.05, 0) is 33.2 Å². The average Bonchev–Trinajstić information content (AvgIpc) is 2.46. The van der Waals surface area contributed by atoms with Gasteiger partial charge in [0.05, 0.1) is 13.2 Å². The maximum atomic E-state index is 12.0. The molecule has 0 radical (unpaired) electrons. The van der Waals surface area contributed by atoms with Crippen molar-refractivity contribution in [3.05, 3.63) is 0 Å². The summed E-state index contributed by atoms with van der Waals surface area (Å²) < 4.78 is 5.37. The molecule has 2 aliphatic rings. The van der Waals surface area contributed by atoms with E-state index in [1.807, 2.05) is 0 Å². The fourth-order valence-electron chi connectivity index (χ4n) is 3.20. The second-order valence-corrected chi connectivity index (χ2v) is 6.17. The van der Waals surface area contributed by atoms with E-state index in [1.165, 1.54) is 19.3 Å². The number of amides is 1. The van der Waals surface area contributed by atoms with Crippen LogP contribution in [0.15, 0.2) is 0 Å². The van der Waals surface area contributed by atoms with Crippen LogP contribution in [0.25, 0.3) is 0 Å². The van der Waals surface area contributed by atoms with Crippen molar-refractivity contribution in [3.8, 4) is 0 Å². The van der Waals surface area contributed by atoms with Crippen molar-refractivity contribution < 1.29 is 9.53 Å². The Bertz CT molecular complexity index is 305. The van der Waals surface area contributed by atoms with E-state index < -0.39 is 0 Å². The Kier molecular flexibility index (Phi) is 6.26. The Morgan fingerprint density at radius 3 is 3.05 bits per heavy atom. The molecule has 0 spiro atoms. The summed E-state index contributed by atoms with van der Waals surface area (Å²) in [5, 5.41) is 6.38. The topological polar surface area (TPSA) is 53.6 Å². The number of rotatable bonds is 5. The van der Waals surface area contributed by atoms with Crippen LogP contribution in [0.5, 0.6) is 0 Å². The van der Waals surface area contributed by atoms with Gasteiger partial charge in [0.25, 0.3) is 0 Å². The number of nitrogens with one attached hydrogen (secondary N) is 2. The molecule has 0 saturated carbocycles. The quantitative estimate of drug-likeness (QED) is 0.781. The van der Waals surface area contributed by atoms with Gasteiger partial charge in [-0.2, -0.15) is 0 Å². The maximum absolute atomic E-state index is 12.0. The number of piperidine rings is 1. The Balaban J connectivity index is 1.66. The second kappa shape index (κ2) is 7.96. The zero-order valence-corrected chi connectivity index (χ0v) is 12.9. The summed E-state index contributed by atoms with van der Waals surface area (Å²) in [5.41, 5.74) is 0. The van der Waals surface area contributed by atoms with Crippen LogP contribution in [0, 0.1) is 0 Å². The van der Waals surface area contributed by atoms with Crippen LogP contribution >= 0.6 is 0 Å². The Labute approximate surface area is 122 Å². The first kappa shape index (κ1) is 15.7. The van der Waals surface area contributed by atoms with Gasteiger partial charge in [-0.15, -0.1) is 0 Å². The van der Waals surface area contributed by atoms with Crippen molar-refractivity contribution in [1.29, 1.82) is 0 Å². The summed E-state index contributed by atoms with van der Waals surface area (Å²) in [6.45, 7) is 8.66. The summed E-state index contributed by atoms with van der Waals surface area (Å²) in [4.78, 5) is 14.5. The lowest BCUT2D eigenvalue weighted by atomic mass is 10.0. The molecule has 0 aliphatic carbocycles. The summed E-state index contributed by atoms with van der Waals surface area (Å²) >= 11 is 0. The van der Waals surface area contributed by atoms with Crippen LogP contribution in [0.1, 0.15) is 39.5 Å². The van der Waals surface area contributed by atoms with Gasteiger partial charge in [-0.3, -0.25) is 9.69 Å². The number of likely N-dealkylation sites (tertiary alicyclic amines) is 1. The van der Waals surface area contributed by atoms with Crippen LogP contribution in [-0.4, -0.2) is 61.8 Å². The molecule has 5 heteroatoms. The third-order valence-corrected chi connectivity index (χ3v) is 4.45. The molecule has 2 rings (SSSR count). The lowest BCUT2D eigenvalue weighted by Gasteiger charge is -2.38. The molecule has 2 N–H and O–H groups in total. The second-order valence-electron chi connectivity index (χ2n) is 6.17. The molecule has 116 valence electrons. The third kappa shape index (κ3) is 4.72. The predicted molar refractivity (Wildman–Crippen MR) is 79.7 cm³/mol. The van der Waals surface area contributed by atoms with E-state index in [0.717, 1.165) is 26.2 Å². The normalized spacial score (nSPS) is 29.9. The SMILES string of the molecule is CC1CCCCN1C(C)CNC(=O)CC1COCCN1. The molecule has 2 fully saturated rings. The molecule has 0 aromatic carbocycles. The number of carbonyl (C=O) groups is 1. The minimum Gasteiger partial charge on any atom is -0.378 e. The first-order valence-electron chi connectivity index (χ1n) is 8.00. The van der Waals surface area contributed by atoms with E-state index in [9.17, 15) is 4.79 Å². The Morgan fingerprint density at radius 1 is 1.50 bits per heavy atom. The van der Waals surface area contributed by atoms with E-state index in [0.29, 0.717) is 25.1 Å². The van der Waals surface area contributed by atoms with Gasteiger partial charge >= 0.3 is 0 Å². The number of hydrogen-bond acceptors (Lipinski definition) is 4. The highest BCUT2D eigenvalue weighted by Crippen LogP contribution is 2.18. The molecule has 1 amide bonds. The van der Waals surface area contributed by atoms with E-state index >= 15 is 0 Å². The highest BCUT2D eigenvalue weighted by Gasteiger charge is 2.23. The highest BCUT2D eigenvalue weighted by molar-refractivity contribution is 5.76. The number of carbonyl (C=O) groups excluding carboxylic acids is 1. The summed E-state index contributed by atoms with van der Waals surface area (Å²) in [5.74, 6) is 0.129. The molecule has 0 bridgehead atoms. The number of hydrogen-bond donors (Lipinski definition) is 2. The fourth-order valence-corrected chi connectivity index (χ4v) is 3.20. The molecular formula is C15H29N3O2. The molecule has 20 heavy (non-hydrogen) atoms. The summed E-state index contributed by atoms with van der Waals surface area (Å²) in [6, 6.07) is 1.24. The van der Waals surface area contributed by atoms with Crippen molar-refractivity contribution in [3.63, 3.8) is 0 Å².